The van der Waals surface area contributed by atoms with E-state index in [0.717, 1.165) is 42.6 Å². The van der Waals surface area contributed by atoms with Gasteiger partial charge in [-0.3, -0.25) is 4.98 Å². The summed E-state index contributed by atoms with van der Waals surface area (Å²) in [5.74, 6) is 0. The van der Waals surface area contributed by atoms with Crippen LogP contribution in [0.15, 0.2) is 28.6 Å². The van der Waals surface area contributed by atoms with Gasteiger partial charge in [0.1, 0.15) is 4.90 Å². The lowest BCUT2D eigenvalue weighted by atomic mass is 10.1. The predicted molar refractivity (Wildman–Crippen MR) is 87.6 cm³/mol. The van der Waals surface area contributed by atoms with Crippen molar-refractivity contribution < 1.29 is 8.42 Å². The van der Waals surface area contributed by atoms with Gasteiger partial charge < -0.3 is 4.90 Å². The molecule has 2 aliphatic heterocycles. The van der Waals surface area contributed by atoms with Crippen LogP contribution in [0, 0.1) is 0 Å². The van der Waals surface area contributed by atoms with Crippen LogP contribution in [-0.2, 0) is 10.0 Å². The van der Waals surface area contributed by atoms with Crippen molar-refractivity contribution in [2.24, 2.45) is 0 Å². The normalized spacial score (nSPS) is 27.3. The highest BCUT2D eigenvalue weighted by Crippen LogP contribution is 2.35. The van der Waals surface area contributed by atoms with Crippen molar-refractivity contribution in [3.05, 3.63) is 23.7 Å². The van der Waals surface area contributed by atoms with Gasteiger partial charge in [0, 0.05) is 24.8 Å². The van der Waals surface area contributed by atoms with Crippen LogP contribution in [0.1, 0.15) is 19.3 Å². The molecule has 2 aromatic heterocycles. The molecule has 0 aromatic carbocycles. The van der Waals surface area contributed by atoms with Crippen molar-refractivity contribution in [3.8, 4) is 0 Å². The monoisotopic (exact) mass is 337 g/mol. The minimum absolute atomic E-state index is 0.0986. The van der Waals surface area contributed by atoms with Gasteiger partial charge >= 0.3 is 0 Å². The van der Waals surface area contributed by atoms with E-state index in [2.05, 4.69) is 16.9 Å². The molecule has 2 bridgehead atoms. The van der Waals surface area contributed by atoms with E-state index in [-0.39, 0.29) is 12.1 Å². The van der Waals surface area contributed by atoms with Gasteiger partial charge in [0.15, 0.2) is 0 Å². The summed E-state index contributed by atoms with van der Waals surface area (Å²) in [5, 5.41) is 1.94. The summed E-state index contributed by atoms with van der Waals surface area (Å²) in [6.07, 6.45) is 4.37. The maximum absolute atomic E-state index is 13.1. The zero-order valence-corrected chi connectivity index (χ0v) is 14.1. The third-order valence-corrected chi connectivity index (χ3v) is 7.60. The minimum atomic E-state index is -3.46. The second-order valence-electron chi connectivity index (χ2n) is 6.25. The van der Waals surface area contributed by atoms with Gasteiger partial charge in [-0.05, 0) is 50.4 Å². The van der Waals surface area contributed by atoms with Crippen LogP contribution < -0.4 is 0 Å². The molecule has 2 aliphatic rings. The standard InChI is InChI=1S/C15H19N3O2S2/c1-17-6-4-11-2-3-12(10-17)18(11)22(19,20)13-8-15-14(16-9-13)5-7-21-15/h5,7-9,11-12H,2-4,6,10H2,1H3/t11-,12-/m1/s1. The van der Waals surface area contributed by atoms with Crippen molar-refractivity contribution in [1.29, 1.82) is 0 Å². The Morgan fingerprint density at radius 2 is 2.09 bits per heavy atom. The molecule has 0 N–H and O–H groups in total. The van der Waals surface area contributed by atoms with Crippen LogP contribution in [0.5, 0.6) is 0 Å². The Bertz CT molecular complexity index is 802. The van der Waals surface area contributed by atoms with Crippen LogP contribution >= 0.6 is 11.3 Å². The van der Waals surface area contributed by atoms with E-state index in [1.54, 1.807) is 10.4 Å². The number of nitrogens with zero attached hydrogens (tertiary/aromatic N) is 3. The lowest BCUT2D eigenvalue weighted by molar-refractivity contribution is 0.289. The molecule has 0 saturated carbocycles. The van der Waals surface area contributed by atoms with Crippen LogP contribution in [0.3, 0.4) is 0 Å². The first kappa shape index (κ1) is 14.6. The minimum Gasteiger partial charge on any atom is -0.305 e. The molecule has 5 nitrogen and oxygen atoms in total. The van der Waals surface area contributed by atoms with Crippen molar-refractivity contribution in [2.45, 2.75) is 36.2 Å². The Morgan fingerprint density at radius 3 is 2.95 bits per heavy atom. The summed E-state index contributed by atoms with van der Waals surface area (Å²) in [6, 6.07) is 3.93. The van der Waals surface area contributed by atoms with Gasteiger partial charge in [-0.25, -0.2) is 8.42 Å². The van der Waals surface area contributed by atoms with E-state index < -0.39 is 10.0 Å². The van der Waals surface area contributed by atoms with Gasteiger partial charge in [0.2, 0.25) is 10.0 Å². The number of likely N-dealkylation sites (tertiary alicyclic amines) is 1. The third-order valence-electron chi connectivity index (χ3n) is 4.77. The van der Waals surface area contributed by atoms with E-state index >= 15 is 0 Å². The van der Waals surface area contributed by atoms with Crippen LogP contribution in [0.2, 0.25) is 0 Å². The molecule has 7 heteroatoms. The van der Waals surface area contributed by atoms with Gasteiger partial charge in [0.25, 0.3) is 0 Å². The Hall–Kier alpha value is -1.02. The number of thiophene rings is 1. The number of aromatic nitrogens is 1. The zero-order chi connectivity index (χ0) is 15.3. The van der Waals surface area contributed by atoms with E-state index in [1.165, 1.54) is 17.5 Å². The van der Waals surface area contributed by atoms with Gasteiger partial charge in [-0.2, -0.15) is 4.31 Å². The first-order chi connectivity index (χ1) is 10.6. The fourth-order valence-electron chi connectivity index (χ4n) is 3.69. The van der Waals surface area contributed by atoms with Crippen molar-refractivity contribution in [1.82, 2.24) is 14.2 Å². The van der Waals surface area contributed by atoms with E-state index in [0.29, 0.717) is 4.90 Å². The average Bonchev–Trinajstić information content (AvgIpc) is 3.06. The molecular formula is C15H19N3O2S2. The van der Waals surface area contributed by atoms with E-state index in [4.69, 9.17) is 0 Å². The molecule has 2 aromatic rings. The Labute approximate surface area is 134 Å². The van der Waals surface area contributed by atoms with Crippen LogP contribution in [0.25, 0.3) is 10.2 Å². The van der Waals surface area contributed by atoms with Crippen molar-refractivity contribution >= 4 is 31.6 Å². The van der Waals surface area contributed by atoms with Crippen molar-refractivity contribution in [3.63, 3.8) is 0 Å². The summed E-state index contributed by atoms with van der Waals surface area (Å²) in [7, 11) is -1.39. The second-order valence-corrected chi connectivity index (χ2v) is 9.04. The van der Waals surface area contributed by atoms with Gasteiger partial charge in [-0.1, -0.05) is 0 Å². The van der Waals surface area contributed by atoms with Crippen LogP contribution in [-0.4, -0.2) is 54.8 Å². The molecule has 4 rings (SSSR count). The first-order valence-electron chi connectivity index (χ1n) is 7.61. The number of pyridine rings is 1. The van der Waals surface area contributed by atoms with E-state index in [1.807, 2.05) is 11.4 Å². The lowest BCUT2D eigenvalue weighted by Gasteiger charge is -2.27. The van der Waals surface area contributed by atoms with Gasteiger partial charge in [-0.15, -0.1) is 11.3 Å². The van der Waals surface area contributed by atoms with E-state index in [9.17, 15) is 8.42 Å². The fourth-order valence-corrected chi connectivity index (χ4v) is 6.40. The molecule has 0 radical (unpaired) electrons. The smallest absolute Gasteiger partial charge is 0.245 e. The topological polar surface area (TPSA) is 53.5 Å². The number of hydrogen-bond acceptors (Lipinski definition) is 5. The molecule has 118 valence electrons. The third kappa shape index (κ3) is 2.27. The maximum atomic E-state index is 13.1. The number of sulfonamides is 1. The molecule has 0 unspecified atom stereocenters. The second kappa shape index (κ2) is 5.26. The predicted octanol–water partition coefficient (Wildman–Crippen LogP) is 2.15. The number of rotatable bonds is 2. The lowest BCUT2D eigenvalue weighted by Crippen LogP contribution is -2.42. The summed E-state index contributed by atoms with van der Waals surface area (Å²) >= 11 is 1.53. The summed E-state index contributed by atoms with van der Waals surface area (Å²) < 4.78 is 29.0. The Kier molecular flexibility index (Phi) is 3.48. The maximum Gasteiger partial charge on any atom is 0.245 e. The Morgan fingerprint density at radius 1 is 1.27 bits per heavy atom. The Balaban J connectivity index is 1.76. The van der Waals surface area contributed by atoms with Crippen LogP contribution in [0.4, 0.5) is 0 Å². The van der Waals surface area contributed by atoms with Gasteiger partial charge in [0.05, 0.1) is 10.2 Å². The molecule has 2 saturated heterocycles. The summed E-state index contributed by atoms with van der Waals surface area (Å²) in [6.45, 7) is 1.79. The molecule has 22 heavy (non-hydrogen) atoms. The molecule has 2 fully saturated rings. The molecular weight excluding hydrogens is 318 g/mol. The quantitative estimate of drug-likeness (QED) is 0.843. The summed E-state index contributed by atoms with van der Waals surface area (Å²) in [4.78, 5) is 6.89. The molecule has 0 spiro atoms. The number of hydrogen-bond donors (Lipinski definition) is 0. The SMILES string of the molecule is CN1CC[C@H]2CC[C@H](C1)N2S(=O)(=O)c1cnc2ccsc2c1. The number of likely N-dealkylation sites (N-methyl/N-ethyl adjacent to an activating group) is 1. The highest BCUT2D eigenvalue weighted by molar-refractivity contribution is 7.89. The highest BCUT2D eigenvalue weighted by atomic mass is 32.2. The van der Waals surface area contributed by atoms with Crippen molar-refractivity contribution in [2.75, 3.05) is 20.1 Å². The fraction of sp³-hybridized carbons (Fsp3) is 0.533. The summed E-state index contributed by atoms with van der Waals surface area (Å²) in [5.41, 5.74) is 0.863. The number of fused-ring (bicyclic) bond motifs is 3. The zero-order valence-electron chi connectivity index (χ0n) is 12.5. The largest absolute Gasteiger partial charge is 0.305 e. The molecule has 0 amide bonds. The molecule has 2 atom stereocenters. The molecule has 0 aliphatic carbocycles. The first-order valence-corrected chi connectivity index (χ1v) is 9.93. The highest BCUT2D eigenvalue weighted by Gasteiger charge is 2.44. The molecule has 4 heterocycles. The average molecular weight is 337 g/mol.